The first-order valence-electron chi connectivity index (χ1n) is 14.9. The van der Waals surface area contributed by atoms with Crippen LogP contribution in [0.1, 0.15) is 73.1 Å². The third-order valence-corrected chi connectivity index (χ3v) is 8.88. The summed E-state index contributed by atoms with van der Waals surface area (Å²) in [5.41, 5.74) is 7.14. The molecule has 2 fully saturated rings. The Hall–Kier alpha value is -2.94. The van der Waals surface area contributed by atoms with Gasteiger partial charge in [-0.15, -0.1) is 0 Å². The van der Waals surface area contributed by atoms with E-state index in [1.54, 1.807) is 0 Å². The van der Waals surface area contributed by atoms with Gasteiger partial charge in [-0.1, -0.05) is 29.8 Å². The van der Waals surface area contributed by atoms with Crippen molar-refractivity contribution in [2.24, 2.45) is 0 Å². The maximum absolute atomic E-state index is 13.8. The first-order chi connectivity index (χ1) is 19.4. The normalized spacial score (nSPS) is 19.4. The number of likely N-dealkylation sites (tertiary alicyclic amines) is 1. The van der Waals surface area contributed by atoms with Crippen LogP contribution in [0.25, 0.3) is 11.1 Å². The number of nitrogens with zero attached hydrogens (tertiary/aromatic N) is 3. The van der Waals surface area contributed by atoms with Crippen LogP contribution in [-0.4, -0.2) is 82.8 Å². The molecule has 8 heteroatoms. The van der Waals surface area contributed by atoms with Gasteiger partial charge in [-0.05, 0) is 87.8 Å². The van der Waals surface area contributed by atoms with Crippen LogP contribution in [0.3, 0.4) is 0 Å². The molecule has 1 unspecified atom stereocenters. The zero-order valence-corrected chi connectivity index (χ0v) is 25.5. The Labute approximate surface area is 244 Å². The van der Waals surface area contributed by atoms with Crippen molar-refractivity contribution in [3.63, 3.8) is 0 Å². The van der Waals surface area contributed by atoms with Crippen LogP contribution >= 0.6 is 0 Å². The van der Waals surface area contributed by atoms with E-state index in [0.717, 1.165) is 91.2 Å². The molecule has 3 aliphatic heterocycles. The molecule has 3 aliphatic rings. The third-order valence-electron chi connectivity index (χ3n) is 8.88. The molecule has 222 valence electrons. The van der Waals surface area contributed by atoms with E-state index in [1.165, 1.54) is 0 Å². The second-order valence-electron chi connectivity index (χ2n) is 12.8. The SMILES string of the molecule is Cc1ccc(-c2c(C)c3c(c(C)c2C(OC(C)(C)C)C(=O)O)CN(C(=O)N2CCC(N4CCOCC4)CC2)C3)cc1. The van der Waals surface area contributed by atoms with Crippen LogP contribution in [0.4, 0.5) is 4.79 Å². The number of hydrogen-bond donors (Lipinski definition) is 1. The lowest BCUT2D eigenvalue weighted by atomic mass is 9.83. The Morgan fingerprint density at radius 1 is 0.902 bits per heavy atom. The van der Waals surface area contributed by atoms with Gasteiger partial charge in [-0.25, -0.2) is 9.59 Å². The van der Waals surface area contributed by atoms with Crippen molar-refractivity contribution in [1.29, 1.82) is 0 Å². The lowest BCUT2D eigenvalue weighted by molar-refractivity contribution is -0.160. The molecule has 3 heterocycles. The van der Waals surface area contributed by atoms with Crippen LogP contribution in [0.15, 0.2) is 24.3 Å². The van der Waals surface area contributed by atoms with Crippen molar-refractivity contribution < 1.29 is 24.2 Å². The molecular formula is C33H45N3O5. The van der Waals surface area contributed by atoms with Crippen LogP contribution in [0, 0.1) is 20.8 Å². The maximum atomic E-state index is 13.8. The van der Waals surface area contributed by atoms with Crippen LogP contribution in [-0.2, 0) is 27.4 Å². The number of amides is 2. The molecule has 2 saturated heterocycles. The van der Waals surface area contributed by atoms with E-state index < -0.39 is 17.7 Å². The highest BCUT2D eigenvalue weighted by Crippen LogP contribution is 2.44. The predicted octanol–water partition coefficient (Wildman–Crippen LogP) is 5.45. The first kappa shape index (κ1) is 29.5. The summed E-state index contributed by atoms with van der Waals surface area (Å²) in [5.74, 6) is -1.01. The van der Waals surface area contributed by atoms with Gasteiger partial charge < -0.3 is 24.4 Å². The summed E-state index contributed by atoms with van der Waals surface area (Å²) in [5, 5.41) is 10.4. The van der Waals surface area contributed by atoms with Crippen molar-refractivity contribution in [2.75, 3.05) is 39.4 Å². The number of carbonyl (C=O) groups excluding carboxylic acids is 1. The van der Waals surface area contributed by atoms with Gasteiger partial charge in [0.2, 0.25) is 0 Å². The zero-order chi connectivity index (χ0) is 29.5. The van der Waals surface area contributed by atoms with E-state index in [-0.39, 0.29) is 6.03 Å². The molecule has 0 aromatic heterocycles. The van der Waals surface area contributed by atoms with E-state index in [4.69, 9.17) is 9.47 Å². The van der Waals surface area contributed by atoms with Crippen molar-refractivity contribution in [1.82, 2.24) is 14.7 Å². The monoisotopic (exact) mass is 563 g/mol. The van der Waals surface area contributed by atoms with E-state index in [2.05, 4.69) is 36.1 Å². The average molecular weight is 564 g/mol. The number of rotatable bonds is 5. The van der Waals surface area contributed by atoms with Gasteiger partial charge in [0.25, 0.3) is 0 Å². The molecule has 5 rings (SSSR count). The summed E-state index contributed by atoms with van der Waals surface area (Å²) in [4.78, 5) is 32.9. The highest BCUT2D eigenvalue weighted by molar-refractivity contribution is 5.85. The number of aliphatic carboxylic acids is 1. The second-order valence-corrected chi connectivity index (χ2v) is 12.8. The van der Waals surface area contributed by atoms with E-state index in [1.807, 2.05) is 44.4 Å². The quantitative estimate of drug-likeness (QED) is 0.521. The Morgan fingerprint density at radius 2 is 1.49 bits per heavy atom. The van der Waals surface area contributed by atoms with Crippen LogP contribution in [0.2, 0.25) is 0 Å². The van der Waals surface area contributed by atoms with Gasteiger partial charge >= 0.3 is 12.0 Å². The third kappa shape index (κ3) is 6.15. The van der Waals surface area contributed by atoms with Gasteiger partial charge in [0.1, 0.15) is 0 Å². The predicted molar refractivity (Wildman–Crippen MR) is 159 cm³/mol. The number of aryl methyl sites for hydroxylation is 1. The standard InChI is InChI=1S/C33H45N3O5/c1-21-7-9-24(10-8-21)28-22(2)26-19-36(20-27(26)23(3)29(28)30(31(37)38)41-33(4,5)6)32(39)35-13-11-25(12-14-35)34-15-17-40-18-16-34/h7-10,25,30H,11-20H2,1-6H3,(H,37,38). The summed E-state index contributed by atoms with van der Waals surface area (Å²) >= 11 is 0. The van der Waals surface area contributed by atoms with Gasteiger partial charge in [0.15, 0.2) is 6.10 Å². The lowest BCUT2D eigenvalue weighted by Gasteiger charge is -2.40. The number of carbonyl (C=O) groups is 2. The van der Waals surface area contributed by atoms with E-state index in [0.29, 0.717) is 24.7 Å². The van der Waals surface area contributed by atoms with Crippen molar-refractivity contribution in [2.45, 2.75) is 85.2 Å². The molecule has 2 aromatic rings. The zero-order valence-electron chi connectivity index (χ0n) is 25.5. The average Bonchev–Trinajstić information content (AvgIpc) is 3.40. The maximum Gasteiger partial charge on any atom is 0.337 e. The Kier molecular flexibility index (Phi) is 8.46. The van der Waals surface area contributed by atoms with Gasteiger partial charge in [0, 0.05) is 50.9 Å². The minimum Gasteiger partial charge on any atom is -0.479 e. The molecule has 1 atom stereocenters. The molecule has 0 aliphatic carbocycles. The Morgan fingerprint density at radius 3 is 2.05 bits per heavy atom. The van der Waals surface area contributed by atoms with E-state index in [9.17, 15) is 14.7 Å². The molecular weight excluding hydrogens is 518 g/mol. The van der Waals surface area contributed by atoms with Crippen molar-refractivity contribution in [3.05, 3.63) is 57.6 Å². The Bertz CT molecular complexity index is 1290. The number of ether oxygens (including phenoxy) is 2. The van der Waals surface area contributed by atoms with Crippen molar-refractivity contribution in [3.8, 4) is 11.1 Å². The second kappa shape index (κ2) is 11.7. The number of fused-ring (bicyclic) bond motifs is 1. The molecule has 8 nitrogen and oxygen atoms in total. The highest BCUT2D eigenvalue weighted by atomic mass is 16.5. The first-order valence-corrected chi connectivity index (χ1v) is 14.9. The summed E-state index contributed by atoms with van der Waals surface area (Å²) in [6, 6.07) is 8.80. The Balaban J connectivity index is 1.45. The molecule has 0 bridgehead atoms. The molecule has 0 radical (unpaired) electrons. The number of benzene rings is 2. The molecule has 0 saturated carbocycles. The smallest absolute Gasteiger partial charge is 0.337 e. The lowest BCUT2D eigenvalue weighted by Crippen LogP contribution is -2.51. The van der Waals surface area contributed by atoms with Crippen molar-refractivity contribution >= 4 is 12.0 Å². The fourth-order valence-corrected chi connectivity index (χ4v) is 6.73. The topological polar surface area (TPSA) is 82.5 Å². The summed E-state index contributed by atoms with van der Waals surface area (Å²) < 4.78 is 11.7. The number of morpholine rings is 1. The fourth-order valence-electron chi connectivity index (χ4n) is 6.73. The fraction of sp³-hybridized carbons (Fsp3) is 0.576. The summed E-state index contributed by atoms with van der Waals surface area (Å²) in [7, 11) is 0. The molecule has 1 N–H and O–H groups in total. The minimum absolute atomic E-state index is 0.0691. The molecule has 41 heavy (non-hydrogen) atoms. The van der Waals surface area contributed by atoms with E-state index >= 15 is 0 Å². The summed E-state index contributed by atoms with van der Waals surface area (Å²) in [6.45, 7) is 17.8. The molecule has 2 amide bonds. The number of hydrogen-bond acceptors (Lipinski definition) is 5. The highest BCUT2D eigenvalue weighted by Gasteiger charge is 2.38. The van der Waals surface area contributed by atoms with Crippen LogP contribution < -0.4 is 0 Å². The molecule has 0 spiro atoms. The summed E-state index contributed by atoms with van der Waals surface area (Å²) in [6.07, 6.45) is 0.840. The molecule has 2 aromatic carbocycles. The van der Waals surface area contributed by atoms with Gasteiger partial charge in [-0.2, -0.15) is 0 Å². The van der Waals surface area contributed by atoms with Crippen LogP contribution in [0.5, 0.6) is 0 Å². The number of piperidine rings is 1. The largest absolute Gasteiger partial charge is 0.479 e. The van der Waals surface area contributed by atoms with Gasteiger partial charge in [-0.3, -0.25) is 4.90 Å². The minimum atomic E-state index is -1.13. The number of carboxylic acids is 1. The van der Waals surface area contributed by atoms with Gasteiger partial charge in [0.05, 0.1) is 18.8 Å². The number of carboxylic acid groups (broad SMARTS) is 1. The number of urea groups is 1.